The van der Waals surface area contributed by atoms with E-state index in [9.17, 15) is 4.79 Å². The number of ether oxygens (including phenoxy) is 1. The van der Waals surface area contributed by atoms with Crippen molar-refractivity contribution in [2.45, 2.75) is 19.8 Å². The fourth-order valence-electron chi connectivity index (χ4n) is 2.85. The van der Waals surface area contributed by atoms with Crippen LogP contribution in [0.25, 0.3) is 16.9 Å². The summed E-state index contributed by atoms with van der Waals surface area (Å²) >= 11 is 0. The molecule has 0 atom stereocenters. The highest BCUT2D eigenvalue weighted by Crippen LogP contribution is 2.19. The number of pyridine rings is 1. The van der Waals surface area contributed by atoms with Gasteiger partial charge >= 0.3 is 6.03 Å². The Hall–Kier alpha value is -2.93. The summed E-state index contributed by atoms with van der Waals surface area (Å²) in [5, 5.41) is 5.71. The second kappa shape index (κ2) is 9.68. The molecule has 0 unspecified atom stereocenters. The predicted molar refractivity (Wildman–Crippen MR) is 105 cm³/mol. The molecule has 0 aliphatic heterocycles. The van der Waals surface area contributed by atoms with Crippen molar-refractivity contribution in [1.29, 1.82) is 0 Å². The van der Waals surface area contributed by atoms with Crippen LogP contribution in [0.15, 0.2) is 48.7 Å². The lowest BCUT2D eigenvalue weighted by molar-refractivity contribution is 0.145. The van der Waals surface area contributed by atoms with E-state index in [2.05, 4.69) is 15.6 Å². The summed E-state index contributed by atoms with van der Waals surface area (Å²) in [5.41, 5.74) is 2.67. The van der Waals surface area contributed by atoms with Gasteiger partial charge in [0.1, 0.15) is 11.3 Å². The van der Waals surface area contributed by atoms with Gasteiger partial charge in [0.25, 0.3) is 0 Å². The predicted octanol–water partition coefficient (Wildman–Crippen LogP) is 2.69. The van der Waals surface area contributed by atoms with Crippen molar-refractivity contribution in [3.05, 3.63) is 54.5 Å². The summed E-state index contributed by atoms with van der Waals surface area (Å²) in [6, 6.07) is 13.7. The summed E-state index contributed by atoms with van der Waals surface area (Å²) in [6.45, 7) is 4.40. The second-order valence-corrected chi connectivity index (χ2v) is 6.03. The Morgan fingerprint density at radius 2 is 1.93 bits per heavy atom. The van der Waals surface area contributed by atoms with Crippen LogP contribution in [0, 0.1) is 0 Å². The molecule has 2 aromatic heterocycles. The molecular weight excluding hydrogens is 342 g/mol. The van der Waals surface area contributed by atoms with Crippen LogP contribution in [0.3, 0.4) is 0 Å². The van der Waals surface area contributed by atoms with Crippen molar-refractivity contribution in [2.75, 3.05) is 26.3 Å². The largest absolute Gasteiger partial charge is 0.382 e. The third-order valence-corrected chi connectivity index (χ3v) is 4.09. The monoisotopic (exact) mass is 367 g/mol. The van der Waals surface area contributed by atoms with Crippen LogP contribution in [-0.2, 0) is 11.2 Å². The van der Waals surface area contributed by atoms with Crippen molar-refractivity contribution < 1.29 is 9.53 Å². The number of carbonyl (C=O) groups excluding carboxylic acids is 1. The van der Waals surface area contributed by atoms with Gasteiger partial charge in [0.05, 0.1) is 0 Å². The first-order chi connectivity index (χ1) is 13.3. The van der Waals surface area contributed by atoms with Gasteiger partial charge in [-0.15, -0.1) is 0 Å². The van der Waals surface area contributed by atoms with E-state index in [0.29, 0.717) is 32.7 Å². The number of rotatable bonds is 9. The Bertz CT molecular complexity index is 863. The fraction of sp³-hybridized carbons (Fsp3) is 0.350. The van der Waals surface area contributed by atoms with E-state index >= 15 is 0 Å². The highest BCUT2D eigenvalue weighted by molar-refractivity contribution is 5.74. The maximum Gasteiger partial charge on any atom is 0.314 e. The summed E-state index contributed by atoms with van der Waals surface area (Å²) < 4.78 is 7.29. The first kappa shape index (κ1) is 18.8. The van der Waals surface area contributed by atoms with Crippen LogP contribution < -0.4 is 10.6 Å². The van der Waals surface area contributed by atoms with Gasteiger partial charge < -0.3 is 15.4 Å². The SMILES string of the molecule is CCOCCCNC(=O)NCCc1nc2cccnc2n1-c1ccccc1. The van der Waals surface area contributed by atoms with E-state index in [1.807, 2.05) is 54.0 Å². The van der Waals surface area contributed by atoms with Gasteiger partial charge in [-0.1, -0.05) is 18.2 Å². The number of nitrogens with zero attached hydrogens (tertiary/aromatic N) is 3. The number of nitrogens with one attached hydrogen (secondary N) is 2. The molecule has 0 saturated carbocycles. The summed E-state index contributed by atoms with van der Waals surface area (Å²) in [7, 11) is 0. The highest BCUT2D eigenvalue weighted by Gasteiger charge is 2.13. The summed E-state index contributed by atoms with van der Waals surface area (Å²) in [6.07, 6.45) is 3.18. The Morgan fingerprint density at radius 3 is 2.74 bits per heavy atom. The molecular formula is C20H25N5O2. The number of hydrogen-bond donors (Lipinski definition) is 2. The van der Waals surface area contributed by atoms with Crippen molar-refractivity contribution in [2.24, 2.45) is 0 Å². The Morgan fingerprint density at radius 1 is 1.11 bits per heavy atom. The molecule has 2 N–H and O–H groups in total. The third-order valence-electron chi connectivity index (χ3n) is 4.09. The van der Waals surface area contributed by atoms with Gasteiger partial charge in [-0.25, -0.2) is 14.8 Å². The quantitative estimate of drug-likeness (QED) is 0.570. The maximum absolute atomic E-state index is 11.9. The Balaban J connectivity index is 1.61. The van der Waals surface area contributed by atoms with Crippen LogP contribution in [0.2, 0.25) is 0 Å². The molecule has 7 heteroatoms. The molecule has 2 heterocycles. The van der Waals surface area contributed by atoms with E-state index in [0.717, 1.165) is 29.1 Å². The number of benzene rings is 1. The zero-order chi connectivity index (χ0) is 18.9. The molecule has 142 valence electrons. The highest BCUT2D eigenvalue weighted by atomic mass is 16.5. The number of carbonyl (C=O) groups is 1. The smallest absolute Gasteiger partial charge is 0.314 e. The van der Waals surface area contributed by atoms with E-state index in [1.165, 1.54) is 0 Å². The molecule has 0 saturated heterocycles. The second-order valence-electron chi connectivity index (χ2n) is 6.03. The Labute approximate surface area is 158 Å². The van der Waals surface area contributed by atoms with E-state index in [-0.39, 0.29) is 6.03 Å². The van der Waals surface area contributed by atoms with E-state index in [1.54, 1.807) is 6.20 Å². The molecule has 0 radical (unpaired) electrons. The topological polar surface area (TPSA) is 81.1 Å². The number of para-hydroxylation sites is 1. The number of amides is 2. The molecule has 2 amide bonds. The lowest BCUT2D eigenvalue weighted by Crippen LogP contribution is -2.37. The normalized spacial score (nSPS) is 10.9. The number of aromatic nitrogens is 3. The minimum Gasteiger partial charge on any atom is -0.382 e. The standard InChI is InChI=1S/C20H25N5O2/c1-2-27-15-7-13-22-20(26)23-14-11-18-24-17-10-6-12-21-19(17)25(18)16-8-4-3-5-9-16/h3-6,8-10,12H,2,7,11,13-15H2,1H3,(H2,22,23,26). The maximum atomic E-state index is 11.9. The lowest BCUT2D eigenvalue weighted by Gasteiger charge is -2.10. The average Bonchev–Trinajstić information content (AvgIpc) is 3.06. The first-order valence-electron chi connectivity index (χ1n) is 9.27. The number of hydrogen-bond acceptors (Lipinski definition) is 4. The third kappa shape index (κ3) is 5.04. The molecule has 0 aliphatic rings. The zero-order valence-corrected chi connectivity index (χ0v) is 15.5. The van der Waals surface area contributed by atoms with Gasteiger partial charge in [0, 0.05) is 44.6 Å². The van der Waals surface area contributed by atoms with E-state index < -0.39 is 0 Å². The Kier molecular flexibility index (Phi) is 6.76. The van der Waals surface area contributed by atoms with Gasteiger partial charge in [-0.2, -0.15) is 0 Å². The fourth-order valence-corrected chi connectivity index (χ4v) is 2.85. The molecule has 27 heavy (non-hydrogen) atoms. The molecule has 7 nitrogen and oxygen atoms in total. The van der Waals surface area contributed by atoms with Crippen molar-refractivity contribution in [3.63, 3.8) is 0 Å². The van der Waals surface area contributed by atoms with Crippen LogP contribution in [0.5, 0.6) is 0 Å². The molecule has 0 bridgehead atoms. The first-order valence-corrected chi connectivity index (χ1v) is 9.27. The van der Waals surface area contributed by atoms with Gasteiger partial charge in [0.15, 0.2) is 5.65 Å². The van der Waals surface area contributed by atoms with Crippen molar-refractivity contribution in [3.8, 4) is 5.69 Å². The van der Waals surface area contributed by atoms with Gasteiger partial charge in [0.2, 0.25) is 0 Å². The summed E-state index contributed by atoms with van der Waals surface area (Å²) in [5.74, 6) is 0.867. The van der Waals surface area contributed by atoms with Crippen LogP contribution >= 0.6 is 0 Å². The zero-order valence-electron chi connectivity index (χ0n) is 15.5. The molecule has 3 aromatic rings. The number of urea groups is 1. The van der Waals surface area contributed by atoms with Crippen LogP contribution in [0.4, 0.5) is 4.79 Å². The lowest BCUT2D eigenvalue weighted by atomic mass is 10.3. The molecule has 0 spiro atoms. The van der Waals surface area contributed by atoms with Gasteiger partial charge in [-0.3, -0.25) is 4.57 Å². The minimum absolute atomic E-state index is 0.174. The minimum atomic E-state index is -0.174. The van der Waals surface area contributed by atoms with E-state index in [4.69, 9.17) is 9.72 Å². The van der Waals surface area contributed by atoms with Gasteiger partial charge in [-0.05, 0) is 37.6 Å². The molecule has 3 rings (SSSR count). The van der Waals surface area contributed by atoms with Crippen LogP contribution in [-0.4, -0.2) is 46.9 Å². The molecule has 0 fully saturated rings. The molecule has 0 aliphatic carbocycles. The summed E-state index contributed by atoms with van der Waals surface area (Å²) in [4.78, 5) is 21.1. The number of fused-ring (bicyclic) bond motifs is 1. The number of imidazole rings is 1. The average molecular weight is 367 g/mol. The van der Waals surface area contributed by atoms with Crippen molar-refractivity contribution >= 4 is 17.2 Å². The molecule has 1 aromatic carbocycles. The van der Waals surface area contributed by atoms with Crippen LogP contribution in [0.1, 0.15) is 19.2 Å². The van der Waals surface area contributed by atoms with Crippen molar-refractivity contribution in [1.82, 2.24) is 25.2 Å².